The number of carbonyl (C=O) groups excluding carboxylic acids is 1. The summed E-state index contributed by atoms with van der Waals surface area (Å²) in [6.07, 6.45) is 3.68. The number of aromatic nitrogens is 2. The maximum atomic E-state index is 12.1. The number of hydrogen-bond donors (Lipinski definition) is 3. The molecule has 0 radical (unpaired) electrons. The molecule has 1 saturated heterocycles. The fourth-order valence-electron chi connectivity index (χ4n) is 3.38. The van der Waals surface area contributed by atoms with Crippen molar-refractivity contribution in [2.75, 3.05) is 55.9 Å². The molecular formula is C21H30N6O3. The molecule has 1 aromatic heterocycles. The quantitative estimate of drug-likeness (QED) is 0.571. The van der Waals surface area contributed by atoms with E-state index in [2.05, 4.69) is 30.8 Å². The summed E-state index contributed by atoms with van der Waals surface area (Å²) >= 11 is 0. The number of carbonyl (C=O) groups is 1. The SMILES string of the molecule is COc1ccc(NC(=O)NCCNc2cc(N3CCCCC3)nc(C)n2)cc1OC. The highest BCUT2D eigenvalue weighted by molar-refractivity contribution is 5.89. The summed E-state index contributed by atoms with van der Waals surface area (Å²) in [5, 5.41) is 8.86. The predicted molar refractivity (Wildman–Crippen MR) is 118 cm³/mol. The van der Waals surface area contributed by atoms with Crippen LogP contribution in [0.5, 0.6) is 11.5 Å². The lowest BCUT2D eigenvalue weighted by Crippen LogP contribution is -2.33. The van der Waals surface area contributed by atoms with E-state index in [9.17, 15) is 4.79 Å². The standard InChI is InChI=1S/C21H30N6O3/c1-15-24-19(14-20(25-15)27-11-5-4-6-12-27)22-9-10-23-21(28)26-16-7-8-17(29-2)18(13-16)30-3/h7-8,13-14H,4-6,9-12H2,1-3H3,(H,22,24,25)(H2,23,26,28). The third-order valence-electron chi connectivity index (χ3n) is 4.86. The predicted octanol–water partition coefficient (Wildman–Crippen LogP) is 3.03. The Kier molecular flexibility index (Phi) is 7.53. The monoisotopic (exact) mass is 414 g/mol. The van der Waals surface area contributed by atoms with Gasteiger partial charge in [-0.15, -0.1) is 0 Å². The third kappa shape index (κ3) is 5.88. The van der Waals surface area contributed by atoms with Gasteiger partial charge < -0.3 is 30.3 Å². The Morgan fingerprint density at radius 2 is 1.80 bits per heavy atom. The highest BCUT2D eigenvalue weighted by Crippen LogP contribution is 2.29. The zero-order valence-corrected chi connectivity index (χ0v) is 17.8. The van der Waals surface area contributed by atoms with E-state index in [-0.39, 0.29) is 6.03 Å². The maximum absolute atomic E-state index is 12.1. The normalized spacial score (nSPS) is 13.5. The molecule has 0 aliphatic carbocycles. The van der Waals surface area contributed by atoms with Crippen LogP contribution in [0.4, 0.5) is 22.1 Å². The molecule has 0 saturated carbocycles. The topological polar surface area (TPSA) is 101 Å². The number of nitrogens with zero attached hydrogens (tertiary/aromatic N) is 3. The second-order valence-corrected chi connectivity index (χ2v) is 7.08. The van der Waals surface area contributed by atoms with E-state index in [0.29, 0.717) is 30.3 Å². The smallest absolute Gasteiger partial charge is 0.319 e. The number of amides is 2. The van der Waals surface area contributed by atoms with Gasteiger partial charge >= 0.3 is 6.03 Å². The van der Waals surface area contributed by atoms with Crippen LogP contribution in [0, 0.1) is 6.92 Å². The molecule has 0 atom stereocenters. The van der Waals surface area contributed by atoms with Gasteiger partial charge in [0.2, 0.25) is 0 Å². The molecule has 0 bridgehead atoms. The summed E-state index contributed by atoms with van der Waals surface area (Å²) in [5.41, 5.74) is 0.621. The molecule has 0 spiro atoms. The lowest BCUT2D eigenvalue weighted by Gasteiger charge is -2.28. The molecule has 9 nitrogen and oxygen atoms in total. The van der Waals surface area contributed by atoms with Crippen molar-refractivity contribution in [3.63, 3.8) is 0 Å². The van der Waals surface area contributed by atoms with Crippen molar-refractivity contribution in [1.29, 1.82) is 0 Å². The number of benzene rings is 1. The van der Waals surface area contributed by atoms with Gasteiger partial charge in [0, 0.05) is 44.0 Å². The van der Waals surface area contributed by atoms with Crippen LogP contribution in [-0.4, -0.2) is 56.4 Å². The summed E-state index contributed by atoms with van der Waals surface area (Å²) in [4.78, 5) is 23.5. The molecule has 3 N–H and O–H groups in total. The van der Waals surface area contributed by atoms with Crippen molar-refractivity contribution in [3.05, 3.63) is 30.1 Å². The van der Waals surface area contributed by atoms with Crippen molar-refractivity contribution in [1.82, 2.24) is 15.3 Å². The fraction of sp³-hybridized carbons (Fsp3) is 0.476. The molecule has 1 aliphatic rings. The molecule has 1 fully saturated rings. The van der Waals surface area contributed by atoms with Gasteiger partial charge in [-0.05, 0) is 38.3 Å². The van der Waals surface area contributed by atoms with Crippen molar-refractivity contribution < 1.29 is 14.3 Å². The fourth-order valence-corrected chi connectivity index (χ4v) is 3.38. The number of methoxy groups -OCH3 is 2. The Morgan fingerprint density at radius 3 is 2.53 bits per heavy atom. The number of piperidine rings is 1. The van der Waals surface area contributed by atoms with Gasteiger partial charge in [0.15, 0.2) is 11.5 Å². The summed E-state index contributed by atoms with van der Waals surface area (Å²) in [6.45, 7) is 4.96. The number of urea groups is 1. The lowest BCUT2D eigenvalue weighted by atomic mass is 10.1. The van der Waals surface area contributed by atoms with Gasteiger partial charge in [-0.3, -0.25) is 0 Å². The van der Waals surface area contributed by atoms with Gasteiger partial charge in [-0.2, -0.15) is 0 Å². The molecule has 3 rings (SSSR count). The average molecular weight is 415 g/mol. The molecule has 2 aromatic rings. The first kappa shape index (κ1) is 21.5. The number of aryl methyl sites for hydroxylation is 1. The zero-order chi connectivity index (χ0) is 21.3. The van der Waals surface area contributed by atoms with Crippen molar-refractivity contribution in [2.45, 2.75) is 26.2 Å². The minimum absolute atomic E-state index is 0.295. The van der Waals surface area contributed by atoms with Crippen LogP contribution < -0.4 is 30.3 Å². The first-order chi connectivity index (χ1) is 14.6. The molecule has 0 unspecified atom stereocenters. The molecular weight excluding hydrogens is 384 g/mol. The maximum Gasteiger partial charge on any atom is 0.319 e. The van der Waals surface area contributed by atoms with Crippen LogP contribution in [0.1, 0.15) is 25.1 Å². The highest BCUT2D eigenvalue weighted by atomic mass is 16.5. The third-order valence-corrected chi connectivity index (χ3v) is 4.86. The molecule has 2 amide bonds. The van der Waals surface area contributed by atoms with Gasteiger partial charge in [0.05, 0.1) is 14.2 Å². The Balaban J connectivity index is 1.46. The van der Waals surface area contributed by atoms with Crippen LogP contribution in [0.15, 0.2) is 24.3 Å². The second-order valence-electron chi connectivity index (χ2n) is 7.08. The Bertz CT molecular complexity index is 855. The van der Waals surface area contributed by atoms with Crippen LogP contribution in [-0.2, 0) is 0 Å². The van der Waals surface area contributed by atoms with E-state index in [1.807, 2.05) is 13.0 Å². The molecule has 1 aliphatic heterocycles. The van der Waals surface area contributed by atoms with E-state index in [1.54, 1.807) is 32.4 Å². The van der Waals surface area contributed by atoms with Crippen molar-refractivity contribution >= 4 is 23.4 Å². The van der Waals surface area contributed by atoms with Gasteiger partial charge in [0.1, 0.15) is 17.5 Å². The number of hydrogen-bond acceptors (Lipinski definition) is 7. The van der Waals surface area contributed by atoms with Gasteiger partial charge in [0.25, 0.3) is 0 Å². The van der Waals surface area contributed by atoms with E-state index < -0.39 is 0 Å². The Hall–Kier alpha value is -3.23. The lowest BCUT2D eigenvalue weighted by molar-refractivity contribution is 0.252. The average Bonchev–Trinajstić information content (AvgIpc) is 2.77. The van der Waals surface area contributed by atoms with Crippen molar-refractivity contribution in [3.8, 4) is 11.5 Å². The van der Waals surface area contributed by atoms with Crippen LogP contribution in [0.25, 0.3) is 0 Å². The molecule has 162 valence electrons. The zero-order valence-electron chi connectivity index (χ0n) is 17.8. The number of rotatable bonds is 8. The van der Waals surface area contributed by atoms with E-state index in [4.69, 9.17) is 9.47 Å². The second kappa shape index (κ2) is 10.5. The van der Waals surface area contributed by atoms with E-state index >= 15 is 0 Å². The first-order valence-electron chi connectivity index (χ1n) is 10.2. The first-order valence-corrected chi connectivity index (χ1v) is 10.2. The number of nitrogens with one attached hydrogen (secondary N) is 3. The summed E-state index contributed by atoms with van der Waals surface area (Å²) in [7, 11) is 3.12. The van der Waals surface area contributed by atoms with E-state index in [1.165, 1.54) is 19.3 Å². The van der Waals surface area contributed by atoms with Crippen LogP contribution >= 0.6 is 0 Å². The number of ether oxygens (including phenoxy) is 2. The van der Waals surface area contributed by atoms with E-state index in [0.717, 1.165) is 30.5 Å². The summed E-state index contributed by atoms with van der Waals surface area (Å²) < 4.78 is 10.4. The Labute approximate surface area is 177 Å². The highest BCUT2D eigenvalue weighted by Gasteiger charge is 2.14. The molecule has 1 aromatic carbocycles. The van der Waals surface area contributed by atoms with Gasteiger partial charge in [-0.25, -0.2) is 14.8 Å². The Morgan fingerprint density at radius 1 is 1.03 bits per heavy atom. The molecule has 2 heterocycles. The van der Waals surface area contributed by atoms with Crippen LogP contribution in [0.3, 0.4) is 0 Å². The van der Waals surface area contributed by atoms with Crippen molar-refractivity contribution in [2.24, 2.45) is 0 Å². The minimum atomic E-state index is -0.295. The van der Waals surface area contributed by atoms with Crippen LogP contribution in [0.2, 0.25) is 0 Å². The summed E-state index contributed by atoms with van der Waals surface area (Å²) in [5.74, 6) is 3.63. The minimum Gasteiger partial charge on any atom is -0.493 e. The largest absolute Gasteiger partial charge is 0.493 e. The number of anilines is 3. The molecule has 30 heavy (non-hydrogen) atoms. The summed E-state index contributed by atoms with van der Waals surface area (Å²) in [6, 6.07) is 6.89. The van der Waals surface area contributed by atoms with Gasteiger partial charge in [-0.1, -0.05) is 0 Å². The molecule has 9 heteroatoms.